The first-order chi connectivity index (χ1) is 13.5. The number of hydrogen-bond acceptors (Lipinski definition) is 5. The number of carbonyl (C=O) groups is 1. The molecule has 0 aromatic heterocycles. The Morgan fingerprint density at radius 2 is 1.86 bits per heavy atom. The van der Waals surface area contributed by atoms with Gasteiger partial charge >= 0.3 is 0 Å². The third-order valence-electron chi connectivity index (χ3n) is 3.91. The molecule has 0 N–H and O–H groups in total. The SMILES string of the molecule is CCCOc1ccc(/C=C2\SC(=S)N(c3ccc(Br)cc3)C2=O)cc1OCC. The van der Waals surface area contributed by atoms with Gasteiger partial charge < -0.3 is 9.47 Å². The maximum absolute atomic E-state index is 12.9. The van der Waals surface area contributed by atoms with E-state index < -0.39 is 0 Å². The van der Waals surface area contributed by atoms with Crippen molar-refractivity contribution in [2.24, 2.45) is 0 Å². The fourth-order valence-electron chi connectivity index (χ4n) is 2.65. The lowest BCUT2D eigenvalue weighted by Gasteiger charge is -2.14. The van der Waals surface area contributed by atoms with Crippen LogP contribution in [0.25, 0.3) is 6.08 Å². The fraction of sp³-hybridized carbons (Fsp3) is 0.238. The molecule has 4 nitrogen and oxygen atoms in total. The van der Waals surface area contributed by atoms with Crippen LogP contribution in [0, 0.1) is 0 Å². The van der Waals surface area contributed by atoms with Crippen molar-refractivity contribution in [3.05, 3.63) is 57.4 Å². The van der Waals surface area contributed by atoms with E-state index in [-0.39, 0.29) is 5.91 Å². The number of halogens is 1. The highest BCUT2D eigenvalue weighted by Crippen LogP contribution is 2.37. The first-order valence-corrected chi connectivity index (χ1v) is 11.0. The highest BCUT2D eigenvalue weighted by atomic mass is 79.9. The van der Waals surface area contributed by atoms with E-state index in [9.17, 15) is 4.79 Å². The van der Waals surface area contributed by atoms with Gasteiger partial charge in [-0.15, -0.1) is 0 Å². The van der Waals surface area contributed by atoms with Gasteiger partial charge in [-0.25, -0.2) is 0 Å². The maximum atomic E-state index is 12.9. The lowest BCUT2D eigenvalue weighted by Crippen LogP contribution is -2.27. The molecule has 146 valence electrons. The molecule has 0 atom stereocenters. The van der Waals surface area contributed by atoms with E-state index in [2.05, 4.69) is 22.9 Å². The van der Waals surface area contributed by atoms with Crippen molar-refractivity contribution in [1.82, 2.24) is 0 Å². The molecule has 0 saturated carbocycles. The van der Waals surface area contributed by atoms with Crippen LogP contribution >= 0.6 is 39.9 Å². The number of hydrogen-bond donors (Lipinski definition) is 0. The van der Waals surface area contributed by atoms with E-state index in [0.29, 0.717) is 33.9 Å². The molecule has 7 heteroatoms. The van der Waals surface area contributed by atoms with Gasteiger partial charge in [0.25, 0.3) is 5.91 Å². The molecular weight excluding hydrogens is 458 g/mol. The minimum atomic E-state index is -0.124. The van der Waals surface area contributed by atoms with Gasteiger partial charge in [0, 0.05) is 4.47 Å². The molecule has 1 amide bonds. The number of ether oxygens (including phenoxy) is 2. The Balaban J connectivity index is 1.86. The Labute approximate surface area is 183 Å². The number of carbonyl (C=O) groups excluding carboxylic acids is 1. The van der Waals surface area contributed by atoms with Gasteiger partial charge in [0.15, 0.2) is 15.8 Å². The minimum Gasteiger partial charge on any atom is -0.490 e. The lowest BCUT2D eigenvalue weighted by atomic mass is 10.1. The monoisotopic (exact) mass is 477 g/mol. The second kappa shape index (κ2) is 9.58. The van der Waals surface area contributed by atoms with E-state index >= 15 is 0 Å². The molecule has 3 rings (SSSR count). The minimum absolute atomic E-state index is 0.124. The van der Waals surface area contributed by atoms with Crippen molar-refractivity contribution in [1.29, 1.82) is 0 Å². The highest BCUT2D eigenvalue weighted by Gasteiger charge is 2.33. The smallest absolute Gasteiger partial charge is 0.270 e. The van der Waals surface area contributed by atoms with Gasteiger partial charge in [-0.1, -0.05) is 52.9 Å². The number of thiocarbonyl (C=S) groups is 1. The van der Waals surface area contributed by atoms with Crippen molar-refractivity contribution in [2.45, 2.75) is 20.3 Å². The van der Waals surface area contributed by atoms with Crippen LogP contribution in [-0.4, -0.2) is 23.4 Å². The summed E-state index contributed by atoms with van der Waals surface area (Å²) < 4.78 is 12.9. The summed E-state index contributed by atoms with van der Waals surface area (Å²) in [4.78, 5) is 15.0. The van der Waals surface area contributed by atoms with E-state index in [1.54, 1.807) is 4.90 Å². The van der Waals surface area contributed by atoms with Crippen LogP contribution in [0.1, 0.15) is 25.8 Å². The molecule has 0 spiro atoms. The summed E-state index contributed by atoms with van der Waals surface area (Å²) in [7, 11) is 0. The Morgan fingerprint density at radius 1 is 1.11 bits per heavy atom. The zero-order valence-corrected chi connectivity index (χ0v) is 18.8. The molecular formula is C21H20BrNO3S2. The summed E-state index contributed by atoms with van der Waals surface area (Å²) in [6.07, 6.45) is 2.76. The van der Waals surface area contributed by atoms with Crippen molar-refractivity contribution >= 4 is 61.9 Å². The predicted molar refractivity (Wildman–Crippen MR) is 123 cm³/mol. The molecule has 0 radical (unpaired) electrons. The molecule has 0 aliphatic carbocycles. The van der Waals surface area contributed by atoms with Gasteiger partial charge in [-0.2, -0.15) is 0 Å². The van der Waals surface area contributed by atoms with Gasteiger partial charge in [0.2, 0.25) is 0 Å². The number of amides is 1. The van der Waals surface area contributed by atoms with Crippen LogP contribution in [-0.2, 0) is 4.79 Å². The molecule has 1 aliphatic heterocycles. The van der Waals surface area contributed by atoms with E-state index in [1.165, 1.54) is 11.8 Å². The fourth-order valence-corrected chi connectivity index (χ4v) is 4.21. The average molecular weight is 478 g/mol. The Kier molecular flexibility index (Phi) is 7.15. The van der Waals surface area contributed by atoms with Crippen LogP contribution in [0.3, 0.4) is 0 Å². The summed E-state index contributed by atoms with van der Waals surface area (Å²) in [6, 6.07) is 13.2. The first kappa shape index (κ1) is 20.9. The lowest BCUT2D eigenvalue weighted by molar-refractivity contribution is -0.113. The van der Waals surface area contributed by atoms with E-state index in [4.69, 9.17) is 21.7 Å². The Hall–Kier alpha value is -1.83. The second-order valence-corrected chi connectivity index (χ2v) is 8.57. The van der Waals surface area contributed by atoms with Gasteiger partial charge in [-0.05, 0) is 61.4 Å². The van der Waals surface area contributed by atoms with Crippen LogP contribution in [0.4, 0.5) is 5.69 Å². The molecule has 1 saturated heterocycles. The zero-order chi connectivity index (χ0) is 20.1. The van der Waals surface area contributed by atoms with Crippen LogP contribution in [0.15, 0.2) is 51.8 Å². The number of anilines is 1. The number of thioether (sulfide) groups is 1. The number of nitrogens with zero attached hydrogens (tertiary/aromatic N) is 1. The quantitative estimate of drug-likeness (QED) is 0.358. The molecule has 0 unspecified atom stereocenters. The largest absolute Gasteiger partial charge is 0.490 e. The molecule has 2 aromatic carbocycles. The average Bonchev–Trinajstić information content (AvgIpc) is 2.95. The highest BCUT2D eigenvalue weighted by molar-refractivity contribution is 9.10. The molecule has 0 bridgehead atoms. The molecule has 1 aliphatic rings. The number of rotatable bonds is 7. The summed E-state index contributed by atoms with van der Waals surface area (Å²) in [5, 5.41) is 0. The van der Waals surface area contributed by atoms with E-state index in [0.717, 1.165) is 22.1 Å². The van der Waals surface area contributed by atoms with Gasteiger partial charge in [-0.3, -0.25) is 9.69 Å². The first-order valence-electron chi connectivity index (χ1n) is 8.96. The number of benzene rings is 2. The van der Waals surface area contributed by atoms with Crippen molar-refractivity contribution < 1.29 is 14.3 Å². The van der Waals surface area contributed by atoms with Gasteiger partial charge in [0.05, 0.1) is 23.8 Å². The van der Waals surface area contributed by atoms with Crippen molar-refractivity contribution in [3.63, 3.8) is 0 Å². The Morgan fingerprint density at radius 3 is 2.54 bits per heavy atom. The zero-order valence-electron chi connectivity index (χ0n) is 15.6. The molecule has 1 heterocycles. The predicted octanol–water partition coefficient (Wildman–Crippen LogP) is 6.04. The summed E-state index contributed by atoms with van der Waals surface area (Å²) >= 11 is 10.1. The third kappa shape index (κ3) is 4.77. The summed E-state index contributed by atoms with van der Waals surface area (Å²) in [6.45, 7) is 5.16. The third-order valence-corrected chi connectivity index (χ3v) is 5.74. The van der Waals surface area contributed by atoms with Crippen molar-refractivity contribution in [2.75, 3.05) is 18.1 Å². The normalized spacial score (nSPS) is 15.4. The van der Waals surface area contributed by atoms with Crippen LogP contribution < -0.4 is 14.4 Å². The van der Waals surface area contributed by atoms with Gasteiger partial charge in [0.1, 0.15) is 0 Å². The Bertz CT molecular complexity index is 912. The standard InChI is InChI=1S/C21H20BrNO3S2/c1-3-11-26-17-10-5-14(12-18(17)25-4-2)13-19-20(24)23(21(27)28-19)16-8-6-15(22)7-9-16/h5-10,12-13H,3-4,11H2,1-2H3/b19-13-. The second-order valence-electron chi connectivity index (χ2n) is 5.98. The van der Waals surface area contributed by atoms with E-state index in [1.807, 2.05) is 55.5 Å². The van der Waals surface area contributed by atoms with Crippen LogP contribution in [0.5, 0.6) is 11.5 Å². The van der Waals surface area contributed by atoms with Crippen LogP contribution in [0.2, 0.25) is 0 Å². The molecule has 1 fully saturated rings. The summed E-state index contributed by atoms with van der Waals surface area (Å²) in [5.41, 5.74) is 1.62. The molecule has 2 aromatic rings. The topological polar surface area (TPSA) is 38.8 Å². The summed E-state index contributed by atoms with van der Waals surface area (Å²) in [5.74, 6) is 1.26. The molecule has 28 heavy (non-hydrogen) atoms. The van der Waals surface area contributed by atoms with Crippen molar-refractivity contribution in [3.8, 4) is 11.5 Å². The maximum Gasteiger partial charge on any atom is 0.270 e.